The van der Waals surface area contributed by atoms with E-state index in [2.05, 4.69) is 15.7 Å². The molecule has 17 nitrogen and oxygen atoms in total. The van der Waals surface area contributed by atoms with E-state index in [1.165, 1.54) is 0 Å². The summed E-state index contributed by atoms with van der Waals surface area (Å²) in [5.41, 5.74) is 0. The third kappa shape index (κ3) is 309. The van der Waals surface area contributed by atoms with Gasteiger partial charge in [0.25, 0.3) is 6.26 Å². The van der Waals surface area contributed by atoms with E-state index in [-0.39, 0.29) is 17.1 Å². The van der Waals surface area contributed by atoms with Gasteiger partial charge < -0.3 is 145 Å². The van der Waals surface area contributed by atoms with Crippen molar-refractivity contribution >= 4 is 0 Å². The van der Waals surface area contributed by atoms with Crippen molar-refractivity contribution in [3.05, 3.63) is 82.4 Å². The second-order valence-corrected chi connectivity index (χ2v) is 0.175. The van der Waals surface area contributed by atoms with Gasteiger partial charge in [-0.3, -0.25) is 0 Å². The van der Waals surface area contributed by atoms with E-state index in [0.29, 0.717) is 0 Å². The number of aliphatic hydroxyl groups is 1. The Morgan fingerprint density at radius 2 is 0.548 bits per heavy atom. The molecule has 0 aliphatic heterocycles. The van der Waals surface area contributed by atoms with Crippen LogP contribution in [0.4, 0.5) is 0 Å². The van der Waals surface area contributed by atoms with Crippen molar-refractivity contribution in [1.29, 1.82) is 63.1 Å². The number of rotatable bonds is 0. The fraction of sp³-hybridized carbons (Fsp3) is 0. The van der Waals surface area contributed by atoms with Crippen molar-refractivity contribution in [2.75, 3.05) is 0 Å². The van der Waals surface area contributed by atoms with Gasteiger partial charge in [-0.25, -0.2) is 0 Å². The van der Waals surface area contributed by atoms with Crippen LogP contribution >= 0.6 is 0 Å². The Morgan fingerprint density at radius 3 is 0.548 bits per heavy atom. The Labute approximate surface area is 198 Å². The van der Waals surface area contributed by atoms with Gasteiger partial charge in [-0.1, -0.05) is 0 Å². The van der Waals surface area contributed by atoms with Crippen molar-refractivity contribution in [3.8, 4) is 6.26 Å². The monoisotopic (exact) mass is 506 g/mol. The quantitative estimate of drug-likeness (QED) is 0.157. The number of hydrogen-bond acceptors (Lipinski definition) is 17. The molecule has 0 aromatic heterocycles. The van der Waals surface area contributed by atoms with Crippen LogP contribution in [0, 0.1) is 152 Å². The fourth-order valence-electron chi connectivity index (χ4n) is 0. The van der Waals surface area contributed by atoms with E-state index in [9.17, 15) is 0 Å². The number of nitrogens with zero attached hydrogens (tertiary/aromatic N) is 13. The molecule has 0 atom stereocenters. The molecule has 0 radical (unpaired) electrons. The fourth-order valence-corrected chi connectivity index (χ4v) is 0. The molecule has 0 amide bonds. The maximum atomic E-state index is 8.00. The molecule has 31 heavy (non-hydrogen) atoms. The average molecular weight is 506 g/mol. The van der Waals surface area contributed by atoms with E-state index < -0.39 is 0 Å². The predicted molar refractivity (Wildman–Crippen MR) is 72.0 cm³/mol. The summed E-state index contributed by atoms with van der Waals surface area (Å²) in [6.45, 7) is 52.2. The Kier molecular flexibility index (Phi) is 3500. The summed E-state index contributed by atoms with van der Waals surface area (Å²) in [6, 6.07) is 0. The molecule has 0 spiro atoms. The number of hydrogen-bond donors (Lipinski definition) is 1. The minimum atomic E-state index is 0. The first-order valence-corrected chi connectivity index (χ1v) is 3.83. The third-order valence-electron chi connectivity index (χ3n) is 0. The summed E-state index contributed by atoms with van der Waals surface area (Å²) in [5, 5.41) is 91.5. The Bertz CT molecular complexity index is 343. The molecular formula is C12HCoFeN13O4-6. The van der Waals surface area contributed by atoms with Gasteiger partial charge >= 0.3 is 36.6 Å². The SMILES string of the molecule is N#CO.O=N[O-].[C-]#N.[C-]#N.[C-]#N.[C-]#N.[C-]#N.[C-]#N.[C-]#N.[C-]#N.[C-]#N.[C-]#N.[C-]#N.[Fe+6].[O]=[Co]. The molecule has 0 saturated carbocycles. The first-order valence-electron chi connectivity index (χ1n) is 3.41. The molecule has 0 fully saturated rings. The van der Waals surface area contributed by atoms with Crippen LogP contribution in [0.5, 0.6) is 0 Å². The van der Waals surface area contributed by atoms with Crippen LogP contribution in [-0.4, -0.2) is 5.11 Å². The van der Waals surface area contributed by atoms with Crippen LogP contribution in [0.1, 0.15) is 0 Å². The summed E-state index contributed by atoms with van der Waals surface area (Å²) in [5.74, 6) is 0. The first kappa shape index (κ1) is 145. The van der Waals surface area contributed by atoms with Crippen LogP contribution in [0.3, 0.4) is 0 Å². The van der Waals surface area contributed by atoms with Gasteiger partial charge in [-0.05, 0) is 0 Å². The Balaban J connectivity index is -0.00000000685. The molecule has 0 saturated heterocycles. The summed E-state index contributed by atoms with van der Waals surface area (Å²) >= 11 is 2.31. The van der Waals surface area contributed by atoms with Crippen molar-refractivity contribution in [1.82, 2.24) is 0 Å². The maximum absolute atomic E-state index is 8.00. The molecule has 0 bridgehead atoms. The molecule has 161 valence electrons. The van der Waals surface area contributed by atoms with Gasteiger partial charge in [0.2, 0.25) is 0 Å². The van der Waals surface area contributed by atoms with Crippen LogP contribution in [0.15, 0.2) is 5.34 Å². The third-order valence-corrected chi connectivity index (χ3v) is 0. The van der Waals surface area contributed by atoms with Crippen LogP contribution < -0.4 is 0 Å². The summed E-state index contributed by atoms with van der Waals surface area (Å²) in [4.78, 5) is 8.00. The number of nitriles is 1. The molecule has 0 aromatic rings. The first-order chi connectivity index (χ1) is 14.8. The second-order valence-electron chi connectivity index (χ2n) is 0.175. The zero-order chi connectivity index (χ0) is 29.4. The van der Waals surface area contributed by atoms with Crippen molar-refractivity contribution in [2.45, 2.75) is 0 Å². The van der Waals surface area contributed by atoms with Gasteiger partial charge in [0.15, 0.2) is 0 Å². The Morgan fingerprint density at radius 1 is 0.548 bits per heavy atom. The van der Waals surface area contributed by atoms with Crippen LogP contribution in [0.25, 0.3) is 0 Å². The molecular weight excluding hydrogens is 505 g/mol. The molecule has 0 unspecified atom stereocenters. The molecule has 0 heterocycles. The van der Waals surface area contributed by atoms with E-state index in [0.717, 1.165) is 11.6 Å². The number of aliphatic hydroxyl groups excluding tert-OH is 1. The molecule has 0 aliphatic carbocycles. The summed E-state index contributed by atoms with van der Waals surface area (Å²) in [7, 11) is 0. The molecule has 0 aliphatic rings. The van der Waals surface area contributed by atoms with Crippen LogP contribution in [-0.2, 0) is 36.6 Å². The normalized spacial score (nSPS) is 1.48. The molecule has 0 aromatic carbocycles. The minimum absolute atomic E-state index is 0. The molecule has 1 N–H and O–H groups in total. The van der Waals surface area contributed by atoms with Gasteiger partial charge in [0.05, 0.1) is 0 Å². The zero-order valence-electron chi connectivity index (χ0n) is 14.2. The van der Waals surface area contributed by atoms with Crippen molar-refractivity contribution in [3.63, 3.8) is 0 Å². The van der Waals surface area contributed by atoms with E-state index >= 15 is 0 Å². The van der Waals surface area contributed by atoms with Gasteiger partial charge in [-0.2, -0.15) is 5.26 Å². The van der Waals surface area contributed by atoms with E-state index in [4.69, 9.17) is 155 Å². The van der Waals surface area contributed by atoms with Crippen LogP contribution in [0.2, 0.25) is 0 Å². The zero-order valence-corrected chi connectivity index (χ0v) is 16.3. The van der Waals surface area contributed by atoms with E-state index in [1.807, 2.05) is 0 Å². The van der Waals surface area contributed by atoms with E-state index in [1.54, 1.807) is 0 Å². The second kappa shape index (κ2) is 748. The average Bonchev–Trinajstić information content (AvgIpc) is 2.94. The van der Waals surface area contributed by atoms with Crippen molar-refractivity contribution in [2.24, 2.45) is 5.34 Å². The standard InChI is InChI=1S/CHNO.11CN.Co.Fe.HNO2.O/c2-1-3;11*1-2;;;2-1-3;/h3H;;;;;;;;;;;;;;(H,2,3);/q;11*-1;;+6;;/p-1. The summed E-state index contributed by atoms with van der Waals surface area (Å²) < 4.78 is 7.94. The molecule has 19 heteroatoms. The Hall–Kier alpha value is -6.09. The summed E-state index contributed by atoms with van der Waals surface area (Å²) in [6.07, 6.45) is 0.750. The van der Waals surface area contributed by atoms with Crippen molar-refractivity contribution < 1.29 is 41.7 Å². The van der Waals surface area contributed by atoms with Gasteiger partial charge in [0.1, 0.15) is 0 Å². The van der Waals surface area contributed by atoms with Gasteiger partial charge in [0, 0.05) is 0 Å². The molecule has 0 rings (SSSR count). The topological polar surface area (TPSA) is 375 Å². The van der Waals surface area contributed by atoms with Gasteiger partial charge in [-0.15, -0.1) is 5.34 Å². The predicted octanol–water partition coefficient (Wildman–Crippen LogP) is 1.03.